The summed E-state index contributed by atoms with van der Waals surface area (Å²) in [5.41, 5.74) is 5.66. The third-order valence-corrected chi connectivity index (χ3v) is 4.62. The zero-order valence-electron chi connectivity index (χ0n) is 11.8. The highest BCUT2D eigenvalue weighted by atomic mass is 79.9. The van der Waals surface area contributed by atoms with Crippen molar-refractivity contribution in [1.82, 2.24) is 0 Å². The number of nitrogens with one attached hydrogen (secondary N) is 1. The number of carbonyl (C=O) groups is 1. The van der Waals surface area contributed by atoms with Crippen molar-refractivity contribution >= 4 is 33.4 Å². The molecule has 0 unspecified atom stereocenters. The van der Waals surface area contributed by atoms with E-state index in [-0.39, 0.29) is 11.7 Å². The number of amides is 1. The Kier molecular flexibility index (Phi) is 5.22. The monoisotopic (exact) mass is 353 g/mol. The molecule has 0 atom stereocenters. The molecule has 0 heterocycles. The number of rotatable bonds is 3. The van der Waals surface area contributed by atoms with Crippen LogP contribution >= 0.6 is 15.9 Å². The van der Waals surface area contributed by atoms with Crippen LogP contribution in [0.3, 0.4) is 0 Å². The first kappa shape index (κ1) is 15.8. The van der Waals surface area contributed by atoms with Gasteiger partial charge in [0.1, 0.15) is 5.41 Å². The van der Waals surface area contributed by atoms with Gasteiger partial charge in [0.15, 0.2) is 5.84 Å². The molecule has 1 saturated carbocycles. The van der Waals surface area contributed by atoms with Crippen molar-refractivity contribution in [3.8, 4) is 0 Å². The smallest absolute Gasteiger partial charge is 0.238 e. The van der Waals surface area contributed by atoms with Crippen molar-refractivity contribution in [2.24, 2.45) is 16.3 Å². The molecule has 0 spiro atoms. The van der Waals surface area contributed by atoms with Crippen LogP contribution in [0.1, 0.15) is 38.5 Å². The predicted octanol–water partition coefficient (Wildman–Crippen LogP) is 3.47. The van der Waals surface area contributed by atoms with Crippen molar-refractivity contribution in [2.75, 3.05) is 5.32 Å². The third-order valence-electron chi connectivity index (χ3n) is 4.09. The SMILES string of the molecule is NC(=NO)C1(C(=O)Nc2ccc(Br)cc2)CCCCCC1. The van der Waals surface area contributed by atoms with Gasteiger partial charge in [-0.1, -0.05) is 46.8 Å². The highest BCUT2D eigenvalue weighted by Crippen LogP contribution is 2.36. The molecule has 5 nitrogen and oxygen atoms in total. The Hall–Kier alpha value is -1.56. The van der Waals surface area contributed by atoms with Crippen LogP contribution in [-0.4, -0.2) is 17.0 Å². The van der Waals surface area contributed by atoms with Crippen LogP contribution in [-0.2, 0) is 4.79 Å². The summed E-state index contributed by atoms with van der Waals surface area (Å²) in [6.07, 6.45) is 5.20. The molecule has 0 bridgehead atoms. The summed E-state index contributed by atoms with van der Waals surface area (Å²) in [6, 6.07) is 7.36. The van der Waals surface area contributed by atoms with Crippen molar-refractivity contribution in [3.05, 3.63) is 28.7 Å². The average molecular weight is 354 g/mol. The van der Waals surface area contributed by atoms with Crippen LogP contribution in [0.15, 0.2) is 33.9 Å². The zero-order valence-corrected chi connectivity index (χ0v) is 13.4. The highest BCUT2D eigenvalue weighted by Gasteiger charge is 2.43. The molecule has 1 amide bonds. The van der Waals surface area contributed by atoms with Crippen molar-refractivity contribution < 1.29 is 10.0 Å². The fraction of sp³-hybridized carbons (Fsp3) is 0.467. The molecular weight excluding hydrogens is 334 g/mol. The Bertz CT molecular complexity index is 520. The summed E-state index contributed by atoms with van der Waals surface area (Å²) in [7, 11) is 0. The Balaban J connectivity index is 2.23. The minimum atomic E-state index is -0.904. The van der Waals surface area contributed by atoms with Gasteiger partial charge in [0, 0.05) is 10.2 Å². The maximum atomic E-state index is 12.7. The van der Waals surface area contributed by atoms with Gasteiger partial charge in [-0.3, -0.25) is 4.79 Å². The number of carbonyl (C=O) groups excluding carboxylic acids is 1. The lowest BCUT2D eigenvalue weighted by molar-refractivity contribution is -0.123. The number of benzene rings is 1. The fourth-order valence-electron chi connectivity index (χ4n) is 2.81. The van der Waals surface area contributed by atoms with Gasteiger partial charge in [0.25, 0.3) is 0 Å². The topological polar surface area (TPSA) is 87.7 Å². The lowest BCUT2D eigenvalue weighted by atomic mass is 9.78. The van der Waals surface area contributed by atoms with E-state index in [1.54, 1.807) is 0 Å². The standard InChI is InChI=1S/C15H20BrN3O2/c16-11-5-7-12(8-6-11)18-14(20)15(13(17)19-21)9-3-1-2-4-10-15/h5-8,21H,1-4,9-10H2,(H2,17,19)(H,18,20). The summed E-state index contributed by atoms with van der Waals surface area (Å²) >= 11 is 3.36. The lowest BCUT2D eigenvalue weighted by Gasteiger charge is -2.29. The number of hydrogen-bond acceptors (Lipinski definition) is 3. The Morgan fingerprint density at radius 3 is 2.29 bits per heavy atom. The largest absolute Gasteiger partial charge is 0.409 e. The van der Waals surface area contributed by atoms with Crippen molar-refractivity contribution in [2.45, 2.75) is 38.5 Å². The molecule has 0 aromatic heterocycles. The van der Waals surface area contributed by atoms with Gasteiger partial charge >= 0.3 is 0 Å². The number of halogens is 1. The Morgan fingerprint density at radius 1 is 1.19 bits per heavy atom. The van der Waals surface area contributed by atoms with Crippen molar-refractivity contribution in [3.63, 3.8) is 0 Å². The van der Waals surface area contributed by atoms with E-state index < -0.39 is 5.41 Å². The van der Waals surface area contributed by atoms with Crippen LogP contribution in [0.2, 0.25) is 0 Å². The van der Waals surface area contributed by atoms with Crippen LogP contribution in [0, 0.1) is 5.41 Å². The van der Waals surface area contributed by atoms with Gasteiger partial charge in [0.2, 0.25) is 5.91 Å². The second kappa shape index (κ2) is 6.93. The molecule has 4 N–H and O–H groups in total. The lowest BCUT2D eigenvalue weighted by Crippen LogP contribution is -2.46. The van der Waals surface area contributed by atoms with Gasteiger partial charge in [0.05, 0.1) is 0 Å². The molecule has 2 rings (SSSR count). The van der Waals surface area contributed by atoms with Gasteiger partial charge < -0.3 is 16.3 Å². The zero-order chi connectivity index (χ0) is 15.3. The number of oxime groups is 1. The van der Waals surface area contributed by atoms with E-state index in [9.17, 15) is 4.79 Å². The molecule has 1 fully saturated rings. The molecular formula is C15H20BrN3O2. The predicted molar refractivity (Wildman–Crippen MR) is 86.3 cm³/mol. The van der Waals surface area contributed by atoms with E-state index >= 15 is 0 Å². The Labute approximate surface area is 132 Å². The minimum Gasteiger partial charge on any atom is -0.409 e. The number of anilines is 1. The Morgan fingerprint density at radius 2 is 1.76 bits per heavy atom. The first-order valence-corrected chi connectivity index (χ1v) is 7.93. The second-order valence-electron chi connectivity index (χ2n) is 5.44. The highest BCUT2D eigenvalue weighted by molar-refractivity contribution is 9.10. The van der Waals surface area contributed by atoms with Crippen LogP contribution < -0.4 is 11.1 Å². The normalized spacial score (nSPS) is 18.8. The maximum absolute atomic E-state index is 12.7. The quantitative estimate of drug-likeness (QED) is 0.255. The van der Waals surface area contributed by atoms with Crippen LogP contribution in [0.4, 0.5) is 5.69 Å². The van der Waals surface area contributed by atoms with Crippen LogP contribution in [0.5, 0.6) is 0 Å². The number of nitrogens with two attached hydrogens (primary N) is 1. The first-order valence-electron chi connectivity index (χ1n) is 7.13. The van der Waals surface area contributed by atoms with Gasteiger partial charge in [-0.25, -0.2) is 0 Å². The molecule has 1 aliphatic carbocycles. The first-order chi connectivity index (χ1) is 10.1. The molecule has 6 heteroatoms. The van der Waals surface area contributed by atoms with Gasteiger partial charge in [-0.2, -0.15) is 0 Å². The van der Waals surface area contributed by atoms with Crippen molar-refractivity contribution in [1.29, 1.82) is 0 Å². The maximum Gasteiger partial charge on any atom is 0.238 e. The molecule has 114 valence electrons. The fourth-order valence-corrected chi connectivity index (χ4v) is 3.08. The van der Waals surface area contributed by atoms with E-state index in [1.807, 2.05) is 24.3 Å². The van der Waals surface area contributed by atoms with E-state index in [1.165, 1.54) is 0 Å². The summed E-state index contributed by atoms with van der Waals surface area (Å²) < 4.78 is 0.945. The van der Waals surface area contributed by atoms with Gasteiger partial charge in [-0.15, -0.1) is 0 Å². The summed E-state index contributed by atoms with van der Waals surface area (Å²) in [6.45, 7) is 0. The van der Waals surface area contributed by atoms with E-state index in [0.717, 1.165) is 30.2 Å². The molecule has 1 aromatic carbocycles. The number of nitrogens with zero attached hydrogens (tertiary/aromatic N) is 1. The van der Waals surface area contributed by atoms with Gasteiger partial charge in [-0.05, 0) is 37.1 Å². The number of hydrogen-bond donors (Lipinski definition) is 3. The summed E-state index contributed by atoms with van der Waals surface area (Å²) in [4.78, 5) is 12.7. The molecule has 0 radical (unpaired) electrons. The van der Waals surface area contributed by atoms with Crippen LogP contribution in [0.25, 0.3) is 0 Å². The molecule has 21 heavy (non-hydrogen) atoms. The third kappa shape index (κ3) is 3.56. The summed E-state index contributed by atoms with van der Waals surface area (Å²) in [5, 5.41) is 15.1. The van der Waals surface area contributed by atoms with E-state index in [2.05, 4.69) is 26.4 Å². The number of amidine groups is 1. The van der Waals surface area contributed by atoms with E-state index in [0.29, 0.717) is 18.5 Å². The molecule has 0 saturated heterocycles. The van der Waals surface area contributed by atoms with E-state index in [4.69, 9.17) is 10.9 Å². The molecule has 1 aliphatic rings. The second-order valence-corrected chi connectivity index (χ2v) is 6.36. The molecule has 1 aromatic rings. The summed E-state index contributed by atoms with van der Waals surface area (Å²) in [5.74, 6) is -0.180. The average Bonchev–Trinajstić information content (AvgIpc) is 2.75. The minimum absolute atomic E-state index is 0.0130. The molecule has 0 aliphatic heterocycles.